The molecule has 1 aromatic rings. The number of nitrogens with one attached hydrogen (secondary N) is 2. The molecule has 0 aromatic heterocycles. The number of amides is 2. The van der Waals surface area contributed by atoms with E-state index in [4.69, 9.17) is 4.74 Å². The predicted octanol–water partition coefficient (Wildman–Crippen LogP) is 1.08. The highest BCUT2D eigenvalue weighted by molar-refractivity contribution is 5.88. The number of rotatable bonds is 10. The molecule has 0 heterocycles. The third-order valence-electron chi connectivity index (χ3n) is 4.21. The van der Waals surface area contributed by atoms with Gasteiger partial charge in [0.2, 0.25) is 11.8 Å². The van der Waals surface area contributed by atoms with Crippen LogP contribution in [0.15, 0.2) is 29.3 Å². The topological polar surface area (TPSA) is 86.3 Å². The lowest BCUT2D eigenvalue weighted by molar-refractivity contribution is -0.131. The molecule has 0 saturated heterocycles. The molecule has 0 radical (unpaired) electrons. The minimum absolute atomic E-state index is 0.0116. The van der Waals surface area contributed by atoms with E-state index in [1.54, 1.807) is 24.0 Å². The fourth-order valence-electron chi connectivity index (χ4n) is 2.57. The molecule has 0 aliphatic rings. The highest BCUT2D eigenvalue weighted by atomic mass is 16.5. The summed E-state index contributed by atoms with van der Waals surface area (Å²) in [6.45, 7) is 8.46. The standard InChI is InChI=1S/C20H33N5O3/c1-6-21-20(24(4)15-19(27)25(7-2)8-3)23-14-18(26)22-13-16-9-11-17(28-5)12-10-16/h9-12H,6-8,13-15H2,1-5H3,(H,21,23)(H,22,26). The summed E-state index contributed by atoms with van der Waals surface area (Å²) in [6, 6.07) is 7.51. The normalized spacial score (nSPS) is 11.0. The third kappa shape index (κ3) is 7.85. The Morgan fingerprint density at radius 1 is 1.07 bits per heavy atom. The van der Waals surface area contributed by atoms with Crippen LogP contribution in [0.5, 0.6) is 5.75 Å². The number of nitrogens with zero attached hydrogens (tertiary/aromatic N) is 3. The van der Waals surface area contributed by atoms with Crippen LogP contribution in [0, 0.1) is 0 Å². The minimum atomic E-state index is -0.185. The quantitative estimate of drug-likeness (QED) is 0.460. The van der Waals surface area contributed by atoms with Gasteiger partial charge in [-0.05, 0) is 38.5 Å². The monoisotopic (exact) mass is 391 g/mol. The maximum absolute atomic E-state index is 12.3. The Labute approximate surface area is 167 Å². The molecule has 0 bridgehead atoms. The van der Waals surface area contributed by atoms with Crippen LogP contribution < -0.4 is 15.4 Å². The Morgan fingerprint density at radius 2 is 1.71 bits per heavy atom. The second-order valence-corrected chi connectivity index (χ2v) is 6.22. The van der Waals surface area contributed by atoms with E-state index in [2.05, 4.69) is 15.6 Å². The molecule has 0 atom stereocenters. The van der Waals surface area contributed by atoms with E-state index in [9.17, 15) is 9.59 Å². The molecule has 8 nitrogen and oxygen atoms in total. The predicted molar refractivity (Wildman–Crippen MR) is 111 cm³/mol. The van der Waals surface area contributed by atoms with Crippen LogP contribution in [-0.4, -0.2) is 74.5 Å². The van der Waals surface area contributed by atoms with Gasteiger partial charge >= 0.3 is 0 Å². The third-order valence-corrected chi connectivity index (χ3v) is 4.21. The molecular weight excluding hydrogens is 358 g/mol. The van der Waals surface area contributed by atoms with Crippen LogP contribution in [-0.2, 0) is 16.1 Å². The van der Waals surface area contributed by atoms with E-state index in [-0.39, 0.29) is 24.9 Å². The van der Waals surface area contributed by atoms with Crippen LogP contribution in [0.3, 0.4) is 0 Å². The van der Waals surface area contributed by atoms with Gasteiger partial charge in [-0.2, -0.15) is 0 Å². The molecule has 1 rings (SSSR count). The Balaban J connectivity index is 2.59. The van der Waals surface area contributed by atoms with Crippen LogP contribution >= 0.6 is 0 Å². The van der Waals surface area contributed by atoms with Crippen molar-refractivity contribution < 1.29 is 14.3 Å². The molecule has 0 fully saturated rings. The number of carbonyl (C=O) groups excluding carboxylic acids is 2. The summed E-state index contributed by atoms with van der Waals surface area (Å²) in [6.07, 6.45) is 0. The van der Waals surface area contributed by atoms with E-state index in [1.807, 2.05) is 45.0 Å². The van der Waals surface area contributed by atoms with Gasteiger partial charge in [0, 0.05) is 33.2 Å². The SMILES string of the molecule is CCNC(=NCC(=O)NCc1ccc(OC)cc1)N(C)CC(=O)N(CC)CC. The largest absolute Gasteiger partial charge is 0.497 e. The summed E-state index contributed by atoms with van der Waals surface area (Å²) in [7, 11) is 3.40. The van der Waals surface area contributed by atoms with Gasteiger partial charge in [0.1, 0.15) is 12.3 Å². The molecule has 156 valence electrons. The number of methoxy groups -OCH3 is 1. The molecule has 0 saturated carbocycles. The Morgan fingerprint density at radius 3 is 2.25 bits per heavy atom. The summed E-state index contributed by atoms with van der Waals surface area (Å²) in [5, 5.41) is 5.96. The van der Waals surface area contributed by atoms with Crippen molar-refractivity contribution >= 4 is 17.8 Å². The molecule has 0 aliphatic heterocycles. The maximum atomic E-state index is 12.3. The number of hydrogen-bond donors (Lipinski definition) is 2. The molecule has 8 heteroatoms. The Hall–Kier alpha value is -2.77. The van der Waals surface area contributed by atoms with Crippen molar-refractivity contribution in [2.45, 2.75) is 27.3 Å². The zero-order valence-electron chi connectivity index (χ0n) is 17.6. The second-order valence-electron chi connectivity index (χ2n) is 6.22. The van der Waals surface area contributed by atoms with Gasteiger partial charge in [-0.25, -0.2) is 4.99 Å². The molecule has 0 unspecified atom stereocenters. The summed E-state index contributed by atoms with van der Waals surface area (Å²) >= 11 is 0. The molecular formula is C20H33N5O3. The van der Waals surface area contributed by atoms with Crippen LogP contribution in [0.25, 0.3) is 0 Å². The molecule has 2 amide bonds. The van der Waals surface area contributed by atoms with Gasteiger partial charge in [0.15, 0.2) is 5.96 Å². The average molecular weight is 392 g/mol. The van der Waals surface area contributed by atoms with Crippen LogP contribution in [0.4, 0.5) is 0 Å². The fraction of sp³-hybridized carbons (Fsp3) is 0.550. The first-order valence-electron chi connectivity index (χ1n) is 9.61. The van der Waals surface area contributed by atoms with E-state index >= 15 is 0 Å². The molecule has 28 heavy (non-hydrogen) atoms. The van der Waals surface area contributed by atoms with Crippen LogP contribution in [0.1, 0.15) is 26.3 Å². The van der Waals surface area contributed by atoms with E-state index in [1.165, 1.54) is 0 Å². The number of ether oxygens (including phenoxy) is 1. The number of hydrogen-bond acceptors (Lipinski definition) is 4. The van der Waals surface area contributed by atoms with E-state index in [0.717, 1.165) is 11.3 Å². The second kappa shape index (κ2) is 12.6. The lowest BCUT2D eigenvalue weighted by Crippen LogP contribution is -2.46. The zero-order valence-corrected chi connectivity index (χ0v) is 17.6. The van der Waals surface area contributed by atoms with Crippen molar-refractivity contribution in [1.29, 1.82) is 0 Å². The zero-order chi connectivity index (χ0) is 20.9. The molecule has 2 N–H and O–H groups in total. The maximum Gasteiger partial charge on any atom is 0.242 e. The van der Waals surface area contributed by atoms with Gasteiger partial charge in [-0.15, -0.1) is 0 Å². The van der Waals surface area contributed by atoms with Gasteiger partial charge in [-0.1, -0.05) is 12.1 Å². The van der Waals surface area contributed by atoms with E-state index < -0.39 is 0 Å². The lowest BCUT2D eigenvalue weighted by atomic mass is 10.2. The number of benzene rings is 1. The van der Waals surface area contributed by atoms with Crippen molar-refractivity contribution in [2.75, 3.05) is 46.9 Å². The number of carbonyl (C=O) groups is 2. The molecule has 0 aliphatic carbocycles. The highest BCUT2D eigenvalue weighted by Gasteiger charge is 2.15. The first-order chi connectivity index (χ1) is 13.4. The number of guanidine groups is 1. The lowest BCUT2D eigenvalue weighted by Gasteiger charge is -2.25. The average Bonchev–Trinajstić information content (AvgIpc) is 2.70. The summed E-state index contributed by atoms with van der Waals surface area (Å²) in [5.41, 5.74) is 0.979. The Bertz CT molecular complexity index is 642. The van der Waals surface area contributed by atoms with Crippen molar-refractivity contribution in [3.05, 3.63) is 29.8 Å². The van der Waals surface area contributed by atoms with Gasteiger partial charge in [-0.3, -0.25) is 9.59 Å². The van der Waals surface area contributed by atoms with E-state index in [0.29, 0.717) is 32.1 Å². The van der Waals surface area contributed by atoms with Crippen molar-refractivity contribution in [3.63, 3.8) is 0 Å². The highest BCUT2D eigenvalue weighted by Crippen LogP contribution is 2.10. The Kier molecular flexibility index (Phi) is 10.5. The first kappa shape index (κ1) is 23.3. The van der Waals surface area contributed by atoms with Crippen molar-refractivity contribution in [1.82, 2.24) is 20.4 Å². The number of aliphatic imine (C=N–C) groups is 1. The van der Waals surface area contributed by atoms with Crippen molar-refractivity contribution in [3.8, 4) is 5.75 Å². The van der Waals surface area contributed by atoms with Gasteiger partial charge in [0.25, 0.3) is 0 Å². The van der Waals surface area contributed by atoms with Crippen molar-refractivity contribution in [2.24, 2.45) is 4.99 Å². The minimum Gasteiger partial charge on any atom is -0.497 e. The fourth-order valence-corrected chi connectivity index (χ4v) is 2.57. The summed E-state index contributed by atoms with van der Waals surface area (Å²) < 4.78 is 5.12. The molecule has 1 aromatic carbocycles. The number of likely N-dealkylation sites (N-methyl/N-ethyl adjacent to an activating group) is 2. The summed E-state index contributed by atoms with van der Waals surface area (Å²) in [5.74, 6) is 1.15. The van der Waals surface area contributed by atoms with Gasteiger partial charge < -0.3 is 25.2 Å². The van der Waals surface area contributed by atoms with Gasteiger partial charge in [0.05, 0.1) is 13.7 Å². The van der Waals surface area contributed by atoms with Crippen LogP contribution in [0.2, 0.25) is 0 Å². The smallest absolute Gasteiger partial charge is 0.242 e. The molecule has 0 spiro atoms. The first-order valence-corrected chi connectivity index (χ1v) is 9.61. The summed E-state index contributed by atoms with van der Waals surface area (Å²) in [4.78, 5) is 32.3.